The molecule has 0 saturated heterocycles. The smallest absolute Gasteiger partial charge is 0.234 e. The number of carbonyl (C=O) groups is 1. The highest BCUT2D eigenvalue weighted by molar-refractivity contribution is 5.89. The number of anilines is 2. The topological polar surface area (TPSA) is 106 Å². The van der Waals surface area contributed by atoms with Crippen molar-refractivity contribution in [1.82, 2.24) is 20.3 Å². The van der Waals surface area contributed by atoms with Crippen LogP contribution in [0, 0.1) is 0 Å². The number of hydrogen-bond acceptors (Lipinski definition) is 6. The Morgan fingerprint density at radius 3 is 3.00 bits per heavy atom. The van der Waals surface area contributed by atoms with E-state index in [9.17, 15) is 4.79 Å². The predicted octanol–water partition coefficient (Wildman–Crippen LogP) is -0.0771. The Morgan fingerprint density at radius 1 is 1.59 bits per heavy atom. The minimum Gasteiger partial charge on any atom is -0.368 e. The summed E-state index contributed by atoms with van der Waals surface area (Å²) in [7, 11) is 0. The Bertz CT molecular complexity index is 406. The number of aromatic nitrogens is 3. The van der Waals surface area contributed by atoms with Gasteiger partial charge in [0.15, 0.2) is 0 Å². The fraction of sp³-hybridized carbons (Fsp3) is 0.600. The highest BCUT2D eigenvalue weighted by Crippen LogP contribution is 2.19. The summed E-state index contributed by atoms with van der Waals surface area (Å²) in [5.41, 5.74) is 5.38. The molecule has 4 N–H and O–H groups in total. The molecule has 1 saturated carbocycles. The van der Waals surface area contributed by atoms with Gasteiger partial charge < -0.3 is 11.1 Å². The molecule has 0 aliphatic heterocycles. The summed E-state index contributed by atoms with van der Waals surface area (Å²) in [6, 6.07) is 0.743. The highest BCUT2D eigenvalue weighted by atomic mass is 16.1. The molecule has 17 heavy (non-hydrogen) atoms. The molecule has 1 unspecified atom stereocenters. The van der Waals surface area contributed by atoms with Gasteiger partial charge in [0, 0.05) is 18.5 Å². The molecule has 1 aromatic heterocycles. The second-order valence-corrected chi connectivity index (χ2v) is 4.26. The number of hydrogen-bond donors (Lipinski definition) is 3. The minimum absolute atomic E-state index is 0.0967. The third-order valence-electron chi connectivity index (χ3n) is 2.43. The molecule has 1 heterocycles. The van der Waals surface area contributed by atoms with Crippen molar-refractivity contribution in [2.45, 2.75) is 38.3 Å². The van der Waals surface area contributed by atoms with E-state index >= 15 is 0 Å². The van der Waals surface area contributed by atoms with Crippen molar-refractivity contribution >= 4 is 17.8 Å². The van der Waals surface area contributed by atoms with Crippen molar-refractivity contribution in [3.05, 3.63) is 6.33 Å². The van der Waals surface area contributed by atoms with Crippen LogP contribution < -0.4 is 16.4 Å². The number of rotatable bonds is 5. The molecule has 1 aliphatic rings. The van der Waals surface area contributed by atoms with Crippen molar-refractivity contribution in [1.29, 1.82) is 0 Å². The lowest BCUT2D eigenvalue weighted by Gasteiger charge is -2.12. The van der Waals surface area contributed by atoms with Gasteiger partial charge in [-0.3, -0.25) is 10.1 Å². The van der Waals surface area contributed by atoms with Crippen LogP contribution >= 0.6 is 0 Å². The quantitative estimate of drug-likeness (QED) is 0.660. The molecule has 0 bridgehead atoms. The summed E-state index contributed by atoms with van der Waals surface area (Å²) in [4.78, 5) is 22.9. The summed E-state index contributed by atoms with van der Waals surface area (Å²) in [5, 5.41) is 5.93. The first-order chi connectivity index (χ1) is 8.13. The average molecular weight is 236 g/mol. The van der Waals surface area contributed by atoms with E-state index in [-0.39, 0.29) is 23.8 Å². The van der Waals surface area contributed by atoms with E-state index in [0.717, 1.165) is 0 Å². The molecule has 0 spiro atoms. The number of nitrogens with zero attached hydrogens (tertiary/aromatic N) is 3. The zero-order valence-corrected chi connectivity index (χ0v) is 9.68. The van der Waals surface area contributed by atoms with Gasteiger partial charge in [0.05, 0.1) is 0 Å². The van der Waals surface area contributed by atoms with Crippen molar-refractivity contribution in [3.8, 4) is 0 Å². The number of nitrogens with two attached hydrogens (primary N) is 1. The van der Waals surface area contributed by atoms with Gasteiger partial charge in [-0.05, 0) is 19.8 Å². The third-order valence-corrected chi connectivity index (χ3v) is 2.43. The summed E-state index contributed by atoms with van der Waals surface area (Å²) >= 11 is 0. The maximum atomic E-state index is 11.6. The van der Waals surface area contributed by atoms with E-state index in [1.165, 1.54) is 19.2 Å². The monoisotopic (exact) mass is 236 g/mol. The van der Waals surface area contributed by atoms with Crippen LogP contribution in [0.15, 0.2) is 6.33 Å². The van der Waals surface area contributed by atoms with Crippen molar-refractivity contribution in [2.75, 3.05) is 11.1 Å². The lowest BCUT2D eigenvalue weighted by molar-refractivity contribution is -0.116. The summed E-state index contributed by atoms with van der Waals surface area (Å²) < 4.78 is 0. The predicted molar refractivity (Wildman–Crippen MR) is 63.1 cm³/mol. The SMILES string of the molecule is CC(CC(=O)Nc1ncnc(N)n1)NC1CC1. The Balaban J connectivity index is 1.79. The van der Waals surface area contributed by atoms with Gasteiger partial charge >= 0.3 is 0 Å². The van der Waals surface area contributed by atoms with E-state index < -0.39 is 0 Å². The Labute approximate surface area is 99.2 Å². The van der Waals surface area contributed by atoms with Crippen LogP contribution in [-0.2, 0) is 4.79 Å². The van der Waals surface area contributed by atoms with Gasteiger partial charge in [0.25, 0.3) is 0 Å². The number of nitrogen functional groups attached to an aromatic ring is 1. The Morgan fingerprint density at radius 2 is 2.35 bits per heavy atom. The van der Waals surface area contributed by atoms with Gasteiger partial charge in [-0.1, -0.05) is 0 Å². The molecule has 0 radical (unpaired) electrons. The fourth-order valence-corrected chi connectivity index (χ4v) is 1.53. The van der Waals surface area contributed by atoms with Crippen LogP contribution in [0.4, 0.5) is 11.9 Å². The first-order valence-corrected chi connectivity index (χ1v) is 5.64. The molecule has 2 rings (SSSR count). The van der Waals surface area contributed by atoms with E-state index in [4.69, 9.17) is 5.73 Å². The average Bonchev–Trinajstić information content (AvgIpc) is 3.00. The molecule has 92 valence electrons. The summed E-state index contributed by atoms with van der Waals surface area (Å²) in [6.45, 7) is 1.99. The molecule has 1 aliphatic carbocycles. The zero-order chi connectivity index (χ0) is 12.3. The van der Waals surface area contributed by atoms with Gasteiger partial charge in [-0.15, -0.1) is 0 Å². The largest absolute Gasteiger partial charge is 0.368 e. The fourth-order valence-electron chi connectivity index (χ4n) is 1.53. The first-order valence-electron chi connectivity index (χ1n) is 5.64. The first kappa shape index (κ1) is 11.7. The maximum Gasteiger partial charge on any atom is 0.234 e. The lowest BCUT2D eigenvalue weighted by Crippen LogP contribution is -2.32. The Kier molecular flexibility index (Phi) is 3.48. The van der Waals surface area contributed by atoms with Gasteiger partial charge in [-0.25, -0.2) is 9.97 Å². The van der Waals surface area contributed by atoms with Gasteiger partial charge in [0.2, 0.25) is 17.8 Å². The third kappa shape index (κ3) is 3.95. The standard InChI is InChI=1S/C10H16N6O/c1-6(14-7-2-3-7)4-8(17)15-10-13-5-12-9(11)16-10/h5-7,14H,2-4H2,1H3,(H3,11,12,13,15,16,17). The van der Waals surface area contributed by atoms with Crippen molar-refractivity contribution in [2.24, 2.45) is 0 Å². The maximum absolute atomic E-state index is 11.6. The molecule has 1 atom stereocenters. The van der Waals surface area contributed by atoms with Crippen LogP contribution in [-0.4, -0.2) is 32.9 Å². The second-order valence-electron chi connectivity index (χ2n) is 4.26. The number of nitrogens with one attached hydrogen (secondary N) is 2. The molecule has 0 aromatic carbocycles. The van der Waals surface area contributed by atoms with Gasteiger partial charge in [0.1, 0.15) is 6.33 Å². The highest BCUT2D eigenvalue weighted by Gasteiger charge is 2.23. The minimum atomic E-state index is -0.128. The van der Waals surface area contributed by atoms with Gasteiger partial charge in [-0.2, -0.15) is 4.98 Å². The Hall–Kier alpha value is -1.76. The zero-order valence-electron chi connectivity index (χ0n) is 9.68. The number of amides is 1. The van der Waals surface area contributed by atoms with Crippen LogP contribution in [0.2, 0.25) is 0 Å². The molecule has 7 nitrogen and oxygen atoms in total. The van der Waals surface area contributed by atoms with Crippen LogP contribution in [0.1, 0.15) is 26.2 Å². The van der Waals surface area contributed by atoms with Crippen LogP contribution in [0.25, 0.3) is 0 Å². The normalized spacial score (nSPS) is 16.5. The van der Waals surface area contributed by atoms with E-state index in [0.29, 0.717) is 12.5 Å². The van der Waals surface area contributed by atoms with Crippen LogP contribution in [0.3, 0.4) is 0 Å². The molecule has 7 heteroatoms. The molecule has 1 amide bonds. The van der Waals surface area contributed by atoms with E-state index in [1.54, 1.807) is 0 Å². The van der Waals surface area contributed by atoms with E-state index in [1.807, 2.05) is 6.92 Å². The molecule has 1 fully saturated rings. The summed E-state index contributed by atoms with van der Waals surface area (Å²) in [5.74, 6) is 0.164. The van der Waals surface area contributed by atoms with Crippen molar-refractivity contribution in [3.63, 3.8) is 0 Å². The molecular formula is C10H16N6O. The van der Waals surface area contributed by atoms with Crippen LogP contribution in [0.5, 0.6) is 0 Å². The van der Waals surface area contributed by atoms with E-state index in [2.05, 4.69) is 25.6 Å². The van der Waals surface area contributed by atoms with Crippen molar-refractivity contribution < 1.29 is 4.79 Å². The second kappa shape index (κ2) is 5.05. The lowest BCUT2D eigenvalue weighted by atomic mass is 10.2. The summed E-state index contributed by atoms with van der Waals surface area (Å²) in [6.07, 6.45) is 4.07. The number of carbonyl (C=O) groups excluding carboxylic acids is 1. The molecule has 1 aromatic rings. The molecular weight excluding hydrogens is 220 g/mol.